The van der Waals surface area contributed by atoms with Gasteiger partial charge in [0.2, 0.25) is 5.95 Å². The number of carbonyl (C=O) groups excluding carboxylic acids is 2. The van der Waals surface area contributed by atoms with Gasteiger partial charge >= 0.3 is 17.6 Å². The maximum absolute atomic E-state index is 13.1. The van der Waals surface area contributed by atoms with Crippen LogP contribution in [0.1, 0.15) is 19.9 Å². The first kappa shape index (κ1) is 19.3. The number of fused-ring (bicyclic) bond motifs is 3. The van der Waals surface area contributed by atoms with Crippen molar-refractivity contribution in [3.05, 3.63) is 20.8 Å². The van der Waals surface area contributed by atoms with E-state index in [1.165, 1.54) is 30.8 Å². The van der Waals surface area contributed by atoms with Crippen LogP contribution in [0.15, 0.2) is 14.7 Å². The topological polar surface area (TPSA) is 130 Å². The van der Waals surface area contributed by atoms with E-state index in [4.69, 9.17) is 0 Å². The fourth-order valence-corrected chi connectivity index (χ4v) is 3.01. The lowest BCUT2D eigenvalue weighted by Gasteiger charge is -2.28. The monoisotopic (exact) mass is 392 g/mol. The van der Waals surface area contributed by atoms with Gasteiger partial charge in [-0.3, -0.25) is 23.5 Å². The van der Waals surface area contributed by atoms with Gasteiger partial charge in [0.05, 0.1) is 26.0 Å². The zero-order valence-corrected chi connectivity index (χ0v) is 16.1. The van der Waals surface area contributed by atoms with Gasteiger partial charge in [0.15, 0.2) is 11.2 Å². The predicted octanol–water partition coefficient (Wildman–Crippen LogP) is -1.00. The predicted molar refractivity (Wildman–Crippen MR) is 98.4 cm³/mol. The van der Waals surface area contributed by atoms with Crippen LogP contribution in [-0.4, -0.2) is 57.1 Å². The van der Waals surface area contributed by atoms with E-state index in [9.17, 15) is 19.2 Å². The van der Waals surface area contributed by atoms with Crippen LogP contribution >= 0.6 is 0 Å². The highest BCUT2D eigenvalue weighted by atomic mass is 16.5. The second-order valence-corrected chi connectivity index (χ2v) is 6.31. The number of rotatable bonds is 4. The number of hydrazone groups is 1. The van der Waals surface area contributed by atoms with Gasteiger partial charge in [-0.2, -0.15) is 10.1 Å². The number of hydrogen-bond acceptors (Lipinski definition) is 9. The molecule has 1 atom stereocenters. The summed E-state index contributed by atoms with van der Waals surface area (Å²) in [5.74, 6) is -1.04. The fourth-order valence-electron chi connectivity index (χ4n) is 3.01. The summed E-state index contributed by atoms with van der Waals surface area (Å²) < 4.78 is 12.8. The first-order valence-corrected chi connectivity index (χ1v) is 8.39. The minimum atomic E-state index is -0.727. The van der Waals surface area contributed by atoms with Crippen molar-refractivity contribution in [1.29, 1.82) is 0 Å². The Bertz CT molecular complexity index is 1120. The summed E-state index contributed by atoms with van der Waals surface area (Å²) in [5.41, 5.74) is -0.510. The van der Waals surface area contributed by atoms with E-state index < -0.39 is 29.7 Å². The van der Waals surface area contributed by atoms with Crippen molar-refractivity contribution in [2.75, 3.05) is 25.8 Å². The van der Waals surface area contributed by atoms with Crippen LogP contribution in [0, 0.1) is 0 Å². The quantitative estimate of drug-likeness (QED) is 0.606. The number of aromatic nitrogens is 4. The van der Waals surface area contributed by atoms with Gasteiger partial charge in [0.25, 0.3) is 5.56 Å². The first-order valence-electron chi connectivity index (χ1n) is 8.39. The Morgan fingerprint density at radius 2 is 1.71 bits per heavy atom. The Morgan fingerprint density at radius 1 is 1.11 bits per heavy atom. The van der Waals surface area contributed by atoms with Gasteiger partial charge < -0.3 is 9.47 Å². The maximum Gasteiger partial charge on any atom is 0.333 e. The van der Waals surface area contributed by atoms with E-state index in [0.29, 0.717) is 5.71 Å². The molecule has 1 aliphatic heterocycles. The highest BCUT2D eigenvalue weighted by Crippen LogP contribution is 2.29. The zero-order chi connectivity index (χ0) is 20.7. The van der Waals surface area contributed by atoms with Crippen LogP contribution in [-0.2, 0) is 32.7 Å². The molecule has 2 aromatic heterocycles. The third-order valence-electron chi connectivity index (χ3n) is 4.68. The first-order chi connectivity index (χ1) is 13.2. The van der Waals surface area contributed by atoms with Gasteiger partial charge in [0.1, 0.15) is 13.1 Å². The van der Waals surface area contributed by atoms with E-state index in [1.54, 1.807) is 11.5 Å². The van der Waals surface area contributed by atoms with E-state index in [-0.39, 0.29) is 29.7 Å². The number of imidazole rings is 1. The van der Waals surface area contributed by atoms with E-state index in [2.05, 4.69) is 19.6 Å². The summed E-state index contributed by atoms with van der Waals surface area (Å²) in [4.78, 5) is 53.4. The summed E-state index contributed by atoms with van der Waals surface area (Å²) in [6.07, 6.45) is 0. The van der Waals surface area contributed by atoms with Crippen LogP contribution in [0.3, 0.4) is 0 Å². The molecular formula is C16H20N6O6. The molecule has 0 aliphatic carbocycles. The van der Waals surface area contributed by atoms with Crippen molar-refractivity contribution in [3.63, 3.8) is 0 Å². The zero-order valence-electron chi connectivity index (χ0n) is 16.1. The SMILES string of the molecule is COC(=O)CN1N=C(C)C(C)n2c1nc1c2c(=O)n(CC(=O)OC)c(=O)n1C. The molecule has 1 aliphatic rings. The van der Waals surface area contributed by atoms with Gasteiger partial charge in [-0.05, 0) is 13.8 Å². The summed E-state index contributed by atoms with van der Waals surface area (Å²) in [5, 5.41) is 5.66. The Kier molecular flexibility index (Phi) is 4.79. The van der Waals surface area contributed by atoms with Crippen molar-refractivity contribution in [3.8, 4) is 0 Å². The number of hydrogen-bond donors (Lipinski definition) is 0. The molecule has 28 heavy (non-hydrogen) atoms. The minimum Gasteiger partial charge on any atom is -0.468 e. The number of anilines is 1. The summed E-state index contributed by atoms with van der Waals surface area (Å²) in [6, 6.07) is -0.356. The molecule has 150 valence electrons. The Hall–Kier alpha value is -3.44. The van der Waals surface area contributed by atoms with E-state index in [1.807, 2.05) is 6.92 Å². The van der Waals surface area contributed by atoms with E-state index >= 15 is 0 Å². The normalized spacial score (nSPS) is 16.0. The second kappa shape index (κ2) is 6.94. The molecule has 0 fully saturated rings. The Labute approximate surface area is 158 Å². The standard InChI is InChI=1S/C16H20N6O6/c1-8-9(2)22-12-13(17-15(22)21(18-8)7-11(24)28-5)19(3)16(26)20(14(12)25)6-10(23)27-4/h9H,6-7H2,1-5H3. The lowest BCUT2D eigenvalue weighted by Crippen LogP contribution is -2.42. The highest BCUT2D eigenvalue weighted by Gasteiger charge is 2.31. The molecule has 0 amide bonds. The van der Waals surface area contributed by atoms with Crippen molar-refractivity contribution in [2.45, 2.75) is 26.4 Å². The lowest BCUT2D eigenvalue weighted by atomic mass is 10.2. The van der Waals surface area contributed by atoms with Gasteiger partial charge in [0, 0.05) is 7.05 Å². The fraction of sp³-hybridized carbons (Fsp3) is 0.500. The molecular weight excluding hydrogens is 372 g/mol. The third-order valence-corrected chi connectivity index (χ3v) is 4.68. The molecule has 12 heteroatoms. The molecule has 0 saturated carbocycles. The van der Waals surface area contributed by atoms with Crippen molar-refractivity contribution >= 4 is 34.8 Å². The van der Waals surface area contributed by atoms with E-state index in [0.717, 1.165) is 4.57 Å². The number of nitrogens with zero attached hydrogens (tertiary/aromatic N) is 6. The Balaban J connectivity index is 2.32. The highest BCUT2D eigenvalue weighted by molar-refractivity contribution is 5.92. The molecule has 3 rings (SSSR count). The van der Waals surface area contributed by atoms with Crippen LogP contribution in [0.5, 0.6) is 0 Å². The molecule has 0 aromatic carbocycles. The molecule has 2 aromatic rings. The van der Waals surface area contributed by atoms with Crippen molar-refractivity contribution in [1.82, 2.24) is 18.7 Å². The number of ether oxygens (including phenoxy) is 2. The van der Waals surface area contributed by atoms with Crippen LogP contribution < -0.4 is 16.3 Å². The van der Waals surface area contributed by atoms with Crippen LogP contribution in [0.25, 0.3) is 11.2 Å². The van der Waals surface area contributed by atoms with Crippen molar-refractivity contribution < 1.29 is 19.1 Å². The minimum absolute atomic E-state index is 0.123. The number of aryl methyl sites for hydroxylation is 1. The molecule has 0 bridgehead atoms. The molecule has 12 nitrogen and oxygen atoms in total. The molecule has 0 spiro atoms. The molecule has 0 radical (unpaired) electrons. The molecule has 0 saturated heterocycles. The molecule has 0 N–H and O–H groups in total. The molecule has 3 heterocycles. The lowest BCUT2D eigenvalue weighted by molar-refractivity contribution is -0.141. The second-order valence-electron chi connectivity index (χ2n) is 6.31. The summed E-state index contributed by atoms with van der Waals surface area (Å²) in [6.45, 7) is 2.83. The van der Waals surface area contributed by atoms with Gasteiger partial charge in [-0.1, -0.05) is 0 Å². The molecule has 1 unspecified atom stereocenters. The smallest absolute Gasteiger partial charge is 0.333 e. The van der Waals surface area contributed by atoms with Crippen molar-refractivity contribution in [2.24, 2.45) is 12.1 Å². The van der Waals surface area contributed by atoms with Crippen LogP contribution in [0.2, 0.25) is 0 Å². The largest absolute Gasteiger partial charge is 0.468 e. The maximum atomic E-state index is 13.1. The summed E-state index contributed by atoms with van der Waals surface area (Å²) in [7, 11) is 3.87. The van der Waals surface area contributed by atoms with Gasteiger partial charge in [-0.15, -0.1) is 0 Å². The number of methoxy groups -OCH3 is 2. The number of esters is 2. The summed E-state index contributed by atoms with van der Waals surface area (Å²) >= 11 is 0. The third kappa shape index (κ3) is 2.86. The average Bonchev–Trinajstić information content (AvgIpc) is 3.08. The average molecular weight is 392 g/mol. The number of carbonyl (C=O) groups is 2. The Morgan fingerprint density at radius 3 is 2.32 bits per heavy atom. The van der Waals surface area contributed by atoms with Crippen LogP contribution in [0.4, 0.5) is 5.95 Å². The van der Waals surface area contributed by atoms with Gasteiger partial charge in [-0.25, -0.2) is 14.4 Å².